The lowest BCUT2D eigenvalue weighted by atomic mass is 10.2. The van der Waals surface area contributed by atoms with Crippen molar-refractivity contribution in [3.8, 4) is 11.4 Å². The van der Waals surface area contributed by atoms with Crippen LogP contribution in [0.15, 0.2) is 46.4 Å². The number of likely N-dealkylation sites (tertiary alicyclic amines) is 1. The Balaban J connectivity index is 1.37. The monoisotopic (exact) mass is 369 g/mol. The highest BCUT2D eigenvalue weighted by Crippen LogP contribution is 2.32. The normalized spacial score (nSPS) is 17.5. The molecule has 7 nitrogen and oxygen atoms in total. The van der Waals surface area contributed by atoms with Gasteiger partial charge in [-0.2, -0.15) is 4.98 Å². The van der Waals surface area contributed by atoms with Crippen LogP contribution >= 0.6 is 11.3 Å². The zero-order valence-corrected chi connectivity index (χ0v) is 15.0. The lowest BCUT2D eigenvalue weighted by Crippen LogP contribution is -2.27. The fourth-order valence-electron chi connectivity index (χ4n) is 3.16. The molecule has 3 heterocycles. The molecule has 1 aliphatic rings. The molecule has 1 amide bonds. The lowest BCUT2D eigenvalue weighted by Gasteiger charge is -2.20. The summed E-state index contributed by atoms with van der Waals surface area (Å²) >= 11 is 1.42. The third-order valence-electron chi connectivity index (χ3n) is 4.43. The quantitative estimate of drug-likeness (QED) is 0.717. The molecular weight excluding hydrogens is 350 g/mol. The van der Waals surface area contributed by atoms with Gasteiger partial charge in [-0.25, -0.2) is 4.98 Å². The number of carbonyl (C=O) groups excluding carboxylic acids is 1. The molecule has 1 N–H and O–H groups in total. The van der Waals surface area contributed by atoms with Crippen molar-refractivity contribution in [2.24, 2.45) is 0 Å². The van der Waals surface area contributed by atoms with E-state index in [4.69, 9.17) is 4.52 Å². The van der Waals surface area contributed by atoms with Gasteiger partial charge in [-0.15, -0.1) is 11.3 Å². The predicted molar refractivity (Wildman–Crippen MR) is 98.6 cm³/mol. The summed E-state index contributed by atoms with van der Waals surface area (Å²) < 4.78 is 5.51. The van der Waals surface area contributed by atoms with E-state index >= 15 is 0 Å². The molecule has 1 aromatic carbocycles. The fraction of sp³-hybridized carbons (Fsp3) is 0.333. The minimum absolute atomic E-state index is 0.0268. The zero-order chi connectivity index (χ0) is 17.8. The standard InChI is InChI=1S/C18H19N5O2S/c24-15(20-18-19-9-12-26-18)8-11-23-10-4-7-14(23)17-21-16(22-25-17)13-5-2-1-3-6-13/h1-3,5-6,9,12,14H,4,7-8,10-11H2,(H,19,20,24)/t14-/m1/s1. The molecule has 0 spiro atoms. The molecule has 4 rings (SSSR count). The van der Waals surface area contributed by atoms with Gasteiger partial charge in [0.25, 0.3) is 0 Å². The Morgan fingerprint density at radius 1 is 1.35 bits per heavy atom. The predicted octanol–water partition coefficient (Wildman–Crippen LogP) is 3.36. The molecule has 134 valence electrons. The van der Waals surface area contributed by atoms with Crippen LogP contribution in [0.2, 0.25) is 0 Å². The number of thiazole rings is 1. The lowest BCUT2D eigenvalue weighted by molar-refractivity contribution is -0.116. The molecule has 1 aliphatic heterocycles. The third kappa shape index (κ3) is 3.81. The second-order valence-electron chi connectivity index (χ2n) is 6.15. The average Bonchev–Trinajstić information content (AvgIpc) is 3.41. The summed E-state index contributed by atoms with van der Waals surface area (Å²) in [5.41, 5.74) is 0.940. The van der Waals surface area contributed by atoms with Gasteiger partial charge in [0.15, 0.2) is 5.13 Å². The van der Waals surface area contributed by atoms with Gasteiger partial charge < -0.3 is 9.84 Å². The van der Waals surface area contributed by atoms with Gasteiger partial charge in [0.05, 0.1) is 6.04 Å². The van der Waals surface area contributed by atoms with Crippen LogP contribution in [0.1, 0.15) is 31.2 Å². The molecule has 0 radical (unpaired) electrons. The highest BCUT2D eigenvalue weighted by atomic mass is 32.1. The zero-order valence-electron chi connectivity index (χ0n) is 14.2. The maximum absolute atomic E-state index is 12.1. The van der Waals surface area contributed by atoms with Crippen molar-refractivity contribution in [1.29, 1.82) is 0 Å². The van der Waals surface area contributed by atoms with Crippen molar-refractivity contribution >= 4 is 22.4 Å². The molecule has 8 heteroatoms. The summed E-state index contributed by atoms with van der Waals surface area (Å²) in [6.45, 7) is 1.59. The molecule has 0 saturated carbocycles. The minimum atomic E-state index is -0.0268. The number of rotatable bonds is 6. The summed E-state index contributed by atoms with van der Waals surface area (Å²) in [5.74, 6) is 1.21. The molecule has 1 atom stereocenters. The van der Waals surface area contributed by atoms with Crippen LogP contribution in [0, 0.1) is 0 Å². The highest BCUT2D eigenvalue weighted by Gasteiger charge is 2.31. The Morgan fingerprint density at radius 2 is 2.23 bits per heavy atom. The number of amides is 1. The number of hydrogen-bond donors (Lipinski definition) is 1. The van der Waals surface area contributed by atoms with Crippen LogP contribution in [0.3, 0.4) is 0 Å². The van der Waals surface area contributed by atoms with Crippen molar-refractivity contribution in [3.05, 3.63) is 47.8 Å². The van der Waals surface area contributed by atoms with Crippen LogP contribution in [-0.2, 0) is 4.79 Å². The van der Waals surface area contributed by atoms with Gasteiger partial charge in [0.1, 0.15) is 0 Å². The minimum Gasteiger partial charge on any atom is -0.337 e. The molecule has 1 saturated heterocycles. The number of aromatic nitrogens is 3. The van der Waals surface area contributed by atoms with E-state index in [0.717, 1.165) is 24.9 Å². The van der Waals surface area contributed by atoms with Crippen molar-refractivity contribution in [1.82, 2.24) is 20.0 Å². The van der Waals surface area contributed by atoms with Gasteiger partial charge in [-0.3, -0.25) is 9.69 Å². The van der Waals surface area contributed by atoms with E-state index in [1.54, 1.807) is 6.20 Å². The molecular formula is C18H19N5O2S. The smallest absolute Gasteiger partial charge is 0.244 e. The van der Waals surface area contributed by atoms with Crippen molar-refractivity contribution in [2.45, 2.75) is 25.3 Å². The second kappa shape index (κ2) is 7.76. The maximum atomic E-state index is 12.1. The van der Waals surface area contributed by atoms with Crippen molar-refractivity contribution in [3.63, 3.8) is 0 Å². The van der Waals surface area contributed by atoms with Gasteiger partial charge in [-0.05, 0) is 19.4 Å². The topological polar surface area (TPSA) is 84.2 Å². The molecule has 2 aromatic heterocycles. The van der Waals surface area contributed by atoms with Crippen LogP contribution in [0.25, 0.3) is 11.4 Å². The highest BCUT2D eigenvalue weighted by molar-refractivity contribution is 7.13. The summed E-state index contributed by atoms with van der Waals surface area (Å²) in [6, 6.07) is 9.86. The Bertz CT molecular complexity index is 850. The number of nitrogens with zero attached hydrogens (tertiary/aromatic N) is 4. The van der Waals surface area contributed by atoms with Crippen LogP contribution in [0.4, 0.5) is 5.13 Å². The number of anilines is 1. The summed E-state index contributed by atoms with van der Waals surface area (Å²) in [5, 5.41) is 9.40. The van der Waals surface area contributed by atoms with E-state index in [9.17, 15) is 4.79 Å². The van der Waals surface area contributed by atoms with E-state index in [0.29, 0.717) is 29.8 Å². The Kier molecular flexibility index (Phi) is 5.03. The van der Waals surface area contributed by atoms with Crippen LogP contribution < -0.4 is 5.32 Å². The van der Waals surface area contributed by atoms with E-state index in [1.165, 1.54) is 11.3 Å². The molecule has 0 bridgehead atoms. The number of nitrogens with one attached hydrogen (secondary N) is 1. The molecule has 1 fully saturated rings. The molecule has 0 aliphatic carbocycles. The van der Waals surface area contributed by atoms with Gasteiger partial charge in [0, 0.05) is 30.1 Å². The van der Waals surface area contributed by atoms with Gasteiger partial charge in [-0.1, -0.05) is 35.5 Å². The first-order chi connectivity index (χ1) is 12.8. The Labute approximate surface area is 155 Å². The Hall–Kier alpha value is -2.58. The van der Waals surface area contributed by atoms with E-state index in [-0.39, 0.29) is 11.9 Å². The second-order valence-corrected chi connectivity index (χ2v) is 7.05. The molecule has 0 unspecified atom stereocenters. The number of carbonyl (C=O) groups is 1. The fourth-order valence-corrected chi connectivity index (χ4v) is 3.71. The number of hydrogen-bond acceptors (Lipinski definition) is 7. The van der Waals surface area contributed by atoms with Crippen LogP contribution in [-0.4, -0.2) is 39.0 Å². The first-order valence-electron chi connectivity index (χ1n) is 8.62. The number of benzene rings is 1. The largest absolute Gasteiger partial charge is 0.337 e. The molecule has 26 heavy (non-hydrogen) atoms. The maximum Gasteiger partial charge on any atom is 0.244 e. The molecule has 3 aromatic rings. The van der Waals surface area contributed by atoms with Gasteiger partial charge >= 0.3 is 0 Å². The van der Waals surface area contributed by atoms with Gasteiger partial charge in [0.2, 0.25) is 17.6 Å². The van der Waals surface area contributed by atoms with Crippen LogP contribution in [0.5, 0.6) is 0 Å². The first-order valence-corrected chi connectivity index (χ1v) is 9.50. The van der Waals surface area contributed by atoms with E-state index in [1.807, 2.05) is 35.7 Å². The Morgan fingerprint density at radius 3 is 3.04 bits per heavy atom. The van der Waals surface area contributed by atoms with E-state index < -0.39 is 0 Å². The van der Waals surface area contributed by atoms with E-state index in [2.05, 4.69) is 25.3 Å². The van der Waals surface area contributed by atoms with Crippen molar-refractivity contribution < 1.29 is 9.32 Å². The average molecular weight is 369 g/mol. The first kappa shape index (κ1) is 16.9. The third-order valence-corrected chi connectivity index (χ3v) is 5.12. The summed E-state index contributed by atoms with van der Waals surface area (Å²) in [4.78, 5) is 23.0. The summed E-state index contributed by atoms with van der Waals surface area (Å²) in [7, 11) is 0. The van der Waals surface area contributed by atoms with Crippen molar-refractivity contribution in [2.75, 3.05) is 18.4 Å². The summed E-state index contributed by atoms with van der Waals surface area (Å²) in [6.07, 6.45) is 4.11. The SMILES string of the molecule is O=C(CCN1CCC[C@@H]1c1nc(-c2ccccc2)no1)Nc1nccs1.